The Morgan fingerprint density at radius 1 is 0.973 bits per heavy atom. The summed E-state index contributed by atoms with van der Waals surface area (Å²) in [4.78, 5) is 71.1. The molecule has 1 aromatic heterocycles. The molecule has 4 unspecified atom stereocenters. The highest BCUT2D eigenvalue weighted by molar-refractivity contribution is 5.94. The topological polar surface area (TPSA) is 301 Å². The van der Waals surface area contributed by atoms with Crippen molar-refractivity contribution in [2.24, 2.45) is 22.2 Å². The molecular weight excluding hydrogens is 494 g/mol. The van der Waals surface area contributed by atoms with Crippen LogP contribution in [0, 0.1) is 0 Å². The highest BCUT2D eigenvalue weighted by Gasteiger charge is 2.31. The average molecular weight is 528 g/mol. The number of aliphatic hydroxyl groups is 1. The minimum atomic E-state index is -1.45. The van der Waals surface area contributed by atoms with Gasteiger partial charge < -0.3 is 53.5 Å². The van der Waals surface area contributed by atoms with Gasteiger partial charge in [-0.3, -0.25) is 24.2 Å². The summed E-state index contributed by atoms with van der Waals surface area (Å²) in [5, 5.41) is 34.6. The summed E-state index contributed by atoms with van der Waals surface area (Å²) >= 11 is 0. The maximum Gasteiger partial charge on any atom is 0.326 e. The van der Waals surface area contributed by atoms with Gasteiger partial charge in [-0.1, -0.05) is 0 Å². The lowest BCUT2D eigenvalue weighted by molar-refractivity contribution is -0.143. The second-order valence-corrected chi connectivity index (χ2v) is 7.97. The number of H-pyrrole nitrogens is 1. The molecule has 0 aliphatic carbocycles. The fraction of sp³-hybridized carbons (Fsp3) is 0.550. The van der Waals surface area contributed by atoms with Gasteiger partial charge in [0.25, 0.3) is 0 Å². The molecule has 1 heterocycles. The van der Waals surface area contributed by atoms with E-state index in [1.807, 2.05) is 0 Å². The third-order valence-electron chi connectivity index (χ3n) is 4.99. The number of nitrogens with one attached hydrogen (secondary N) is 4. The molecule has 0 bridgehead atoms. The summed E-state index contributed by atoms with van der Waals surface area (Å²) < 4.78 is 0. The van der Waals surface area contributed by atoms with E-state index in [0.717, 1.165) is 0 Å². The Morgan fingerprint density at radius 2 is 1.59 bits per heavy atom. The quantitative estimate of drug-likeness (QED) is 0.0523. The normalized spacial score (nSPS) is 13.9. The van der Waals surface area contributed by atoms with E-state index in [0.29, 0.717) is 5.69 Å². The van der Waals surface area contributed by atoms with Gasteiger partial charge in [0, 0.05) is 31.3 Å². The molecule has 13 N–H and O–H groups in total. The second kappa shape index (κ2) is 15.7. The van der Waals surface area contributed by atoms with E-state index in [9.17, 15) is 29.1 Å². The fourth-order valence-electron chi connectivity index (χ4n) is 3.03. The minimum Gasteiger partial charge on any atom is -0.481 e. The van der Waals surface area contributed by atoms with Crippen LogP contribution in [0.15, 0.2) is 17.5 Å². The highest BCUT2D eigenvalue weighted by atomic mass is 16.4. The number of guanidine groups is 1. The van der Waals surface area contributed by atoms with Gasteiger partial charge >= 0.3 is 11.9 Å². The highest BCUT2D eigenvalue weighted by Crippen LogP contribution is 2.06. The number of rotatable bonds is 17. The van der Waals surface area contributed by atoms with Gasteiger partial charge in [-0.15, -0.1) is 0 Å². The molecule has 4 atom stereocenters. The number of carbonyl (C=O) groups excluding carboxylic acids is 3. The number of nitrogens with zero attached hydrogens (tertiary/aromatic N) is 2. The third kappa shape index (κ3) is 11.8. The Bertz CT molecular complexity index is 950. The zero-order valence-electron chi connectivity index (χ0n) is 19.9. The number of aliphatic hydroxyl groups excluding tert-OH is 1. The number of hydrogen-bond acceptors (Lipinski definition) is 9. The first-order chi connectivity index (χ1) is 17.4. The molecule has 0 fully saturated rings. The monoisotopic (exact) mass is 527 g/mol. The van der Waals surface area contributed by atoms with Crippen LogP contribution >= 0.6 is 0 Å². The average Bonchev–Trinajstić information content (AvgIpc) is 3.34. The van der Waals surface area contributed by atoms with Crippen LogP contribution in [0.3, 0.4) is 0 Å². The maximum atomic E-state index is 13.0. The predicted octanol–water partition coefficient (Wildman–Crippen LogP) is -4.27. The molecule has 1 aromatic rings. The van der Waals surface area contributed by atoms with Crippen LogP contribution in [0.1, 0.15) is 31.4 Å². The van der Waals surface area contributed by atoms with E-state index < -0.39 is 66.9 Å². The summed E-state index contributed by atoms with van der Waals surface area (Å²) in [6.07, 6.45) is 1.91. The zero-order chi connectivity index (χ0) is 28.0. The Hall–Kier alpha value is -4.25. The van der Waals surface area contributed by atoms with Crippen molar-refractivity contribution in [3.05, 3.63) is 18.2 Å². The molecule has 206 valence electrons. The first kappa shape index (κ1) is 30.8. The van der Waals surface area contributed by atoms with Gasteiger partial charge in [-0.25, -0.2) is 9.78 Å². The maximum absolute atomic E-state index is 13.0. The molecule has 17 nitrogen and oxygen atoms in total. The van der Waals surface area contributed by atoms with Crippen molar-refractivity contribution in [3.63, 3.8) is 0 Å². The van der Waals surface area contributed by atoms with Crippen LogP contribution in [-0.2, 0) is 30.4 Å². The van der Waals surface area contributed by atoms with Crippen LogP contribution < -0.4 is 33.2 Å². The van der Waals surface area contributed by atoms with Crippen molar-refractivity contribution in [2.75, 3.05) is 13.2 Å². The number of amides is 3. The largest absolute Gasteiger partial charge is 0.481 e. The number of aliphatic carboxylic acids is 2. The number of carbonyl (C=O) groups is 5. The molecule has 37 heavy (non-hydrogen) atoms. The summed E-state index contributed by atoms with van der Waals surface area (Å²) in [5.74, 6) is -5.45. The lowest BCUT2D eigenvalue weighted by Gasteiger charge is -2.24. The summed E-state index contributed by atoms with van der Waals surface area (Å²) in [5.41, 5.74) is 16.4. The van der Waals surface area contributed by atoms with E-state index in [1.165, 1.54) is 12.5 Å². The van der Waals surface area contributed by atoms with Crippen molar-refractivity contribution in [3.8, 4) is 0 Å². The Morgan fingerprint density at radius 3 is 2.14 bits per heavy atom. The molecule has 0 aliphatic heterocycles. The third-order valence-corrected chi connectivity index (χ3v) is 4.99. The Labute approximate surface area is 211 Å². The van der Waals surface area contributed by atoms with Crippen molar-refractivity contribution in [1.29, 1.82) is 0 Å². The van der Waals surface area contributed by atoms with Crippen molar-refractivity contribution in [2.45, 2.75) is 56.3 Å². The molecular formula is C20H33N9O8. The summed E-state index contributed by atoms with van der Waals surface area (Å²) in [6.45, 7) is -0.570. The molecule has 0 saturated heterocycles. The van der Waals surface area contributed by atoms with E-state index in [-0.39, 0.29) is 38.2 Å². The van der Waals surface area contributed by atoms with Gasteiger partial charge in [-0.05, 0) is 19.3 Å². The number of carboxylic acids is 2. The number of nitrogens with two attached hydrogens (primary N) is 3. The van der Waals surface area contributed by atoms with E-state index in [4.69, 9.17) is 27.4 Å². The number of carboxylic acid groups (broad SMARTS) is 2. The SMILES string of the molecule is NC(N)=NCCCC(NC(=O)C(CCC(=O)O)NC(=O)C(Cc1cnc[nH]1)NC(=O)C(N)CO)C(=O)O. The van der Waals surface area contributed by atoms with E-state index in [1.54, 1.807) is 0 Å². The summed E-state index contributed by atoms with van der Waals surface area (Å²) in [7, 11) is 0. The van der Waals surface area contributed by atoms with Gasteiger partial charge in [0.15, 0.2) is 5.96 Å². The Kier molecular flexibility index (Phi) is 13.0. The number of hydrogen-bond donors (Lipinski definition) is 10. The van der Waals surface area contributed by atoms with Gasteiger partial charge in [0.05, 0.1) is 12.9 Å². The lowest BCUT2D eigenvalue weighted by atomic mass is 10.1. The summed E-state index contributed by atoms with van der Waals surface area (Å²) in [6, 6.07) is -5.43. The lowest BCUT2D eigenvalue weighted by Crippen LogP contribution is -2.58. The van der Waals surface area contributed by atoms with Crippen LogP contribution in [0.2, 0.25) is 0 Å². The van der Waals surface area contributed by atoms with Crippen LogP contribution in [-0.4, -0.2) is 98.2 Å². The van der Waals surface area contributed by atoms with Crippen molar-refractivity contribution < 1.29 is 39.3 Å². The zero-order valence-corrected chi connectivity index (χ0v) is 19.9. The van der Waals surface area contributed by atoms with E-state index >= 15 is 0 Å². The minimum absolute atomic E-state index is 0.0466. The van der Waals surface area contributed by atoms with Crippen molar-refractivity contribution in [1.82, 2.24) is 25.9 Å². The molecule has 0 aliphatic rings. The molecule has 0 radical (unpaired) electrons. The first-order valence-electron chi connectivity index (χ1n) is 11.2. The predicted molar refractivity (Wildman–Crippen MR) is 128 cm³/mol. The molecule has 17 heteroatoms. The van der Waals surface area contributed by atoms with Gasteiger partial charge in [-0.2, -0.15) is 0 Å². The number of aliphatic imine (C=N–C) groups is 1. The van der Waals surface area contributed by atoms with Crippen molar-refractivity contribution >= 4 is 35.6 Å². The Balaban J connectivity index is 3.01. The standard InChI is InChI=1S/C20H33N9O8/c21-11(8-30)16(33)29-14(6-10-7-24-9-26-10)18(35)27-12(3-4-15(31)32)17(34)28-13(19(36)37)2-1-5-25-20(22)23/h7,9,11-14,30H,1-6,8,21H2,(H,24,26)(H,27,35)(H,28,34)(H,29,33)(H,31,32)(H,36,37)(H4,22,23,25). The number of aromatic amines is 1. The van der Waals surface area contributed by atoms with Crippen LogP contribution in [0.25, 0.3) is 0 Å². The van der Waals surface area contributed by atoms with Gasteiger partial charge in [0.1, 0.15) is 24.2 Å². The van der Waals surface area contributed by atoms with Gasteiger partial charge in [0.2, 0.25) is 17.7 Å². The molecule has 3 amide bonds. The van der Waals surface area contributed by atoms with E-state index in [2.05, 4.69) is 30.9 Å². The smallest absolute Gasteiger partial charge is 0.326 e. The van der Waals surface area contributed by atoms with Crippen LogP contribution in [0.5, 0.6) is 0 Å². The first-order valence-corrected chi connectivity index (χ1v) is 11.2. The number of aromatic nitrogens is 2. The molecule has 0 aromatic carbocycles. The fourth-order valence-corrected chi connectivity index (χ4v) is 3.03. The number of imidazole rings is 1. The second-order valence-electron chi connectivity index (χ2n) is 7.97. The molecule has 0 spiro atoms. The van der Waals surface area contributed by atoms with Crippen LogP contribution in [0.4, 0.5) is 0 Å². The molecule has 1 rings (SSSR count). The molecule has 0 saturated carbocycles.